The van der Waals surface area contributed by atoms with Crippen molar-refractivity contribution in [3.8, 4) is 5.75 Å². The van der Waals surface area contributed by atoms with Crippen LogP contribution in [0, 0.1) is 0 Å². The smallest absolute Gasteiger partial charge is 0.236 e. The first-order valence-corrected chi connectivity index (χ1v) is 11.5. The van der Waals surface area contributed by atoms with Gasteiger partial charge < -0.3 is 20.2 Å². The van der Waals surface area contributed by atoms with Gasteiger partial charge in [0, 0.05) is 52.4 Å². The minimum atomic E-state index is 0.289. The maximum absolute atomic E-state index is 12.7. The van der Waals surface area contributed by atoms with E-state index >= 15 is 0 Å². The molecule has 1 aromatic rings. The summed E-state index contributed by atoms with van der Waals surface area (Å²) in [6.45, 7) is 9.52. The second kappa shape index (κ2) is 11.8. The molecule has 2 saturated heterocycles. The normalized spacial score (nSPS) is 18.9. The number of carbonyl (C=O) groups excluding carboxylic acids is 1. The van der Waals surface area contributed by atoms with Crippen LogP contribution in [0.25, 0.3) is 0 Å². The van der Waals surface area contributed by atoms with Crippen LogP contribution in [0.2, 0.25) is 0 Å². The molecular weight excluding hydrogens is 378 g/mol. The number of guanidine groups is 1. The van der Waals surface area contributed by atoms with Gasteiger partial charge in [0.2, 0.25) is 5.91 Å². The number of hydrogen-bond acceptors (Lipinski definition) is 4. The lowest BCUT2D eigenvalue weighted by Crippen LogP contribution is -2.54. The molecule has 2 aliphatic heterocycles. The molecule has 0 aliphatic carbocycles. The molecule has 2 fully saturated rings. The molecule has 2 aliphatic rings. The Morgan fingerprint density at radius 1 is 1.03 bits per heavy atom. The van der Waals surface area contributed by atoms with E-state index in [4.69, 9.17) is 4.99 Å². The second-order valence-electron chi connectivity index (χ2n) is 8.21. The molecule has 1 amide bonds. The molecule has 2 N–H and O–H groups in total. The van der Waals surface area contributed by atoms with E-state index in [9.17, 15) is 9.90 Å². The van der Waals surface area contributed by atoms with E-state index < -0.39 is 0 Å². The van der Waals surface area contributed by atoms with Gasteiger partial charge in [-0.3, -0.25) is 14.7 Å². The molecule has 0 bridgehead atoms. The van der Waals surface area contributed by atoms with Gasteiger partial charge in [0.05, 0.1) is 6.54 Å². The molecule has 0 spiro atoms. The molecule has 0 saturated carbocycles. The molecule has 7 heteroatoms. The summed E-state index contributed by atoms with van der Waals surface area (Å²) in [7, 11) is 0. The number of phenolic OH excluding ortho intramolecular Hbond substituents is 1. The van der Waals surface area contributed by atoms with Crippen molar-refractivity contribution in [2.45, 2.75) is 39.0 Å². The van der Waals surface area contributed by atoms with E-state index in [0.717, 1.165) is 76.6 Å². The predicted octanol–water partition coefficient (Wildman–Crippen LogP) is 1.92. The molecule has 30 heavy (non-hydrogen) atoms. The van der Waals surface area contributed by atoms with Gasteiger partial charge in [0.15, 0.2) is 5.96 Å². The number of likely N-dealkylation sites (tertiary alicyclic amines) is 1. The third-order valence-corrected chi connectivity index (χ3v) is 5.90. The molecule has 1 aromatic carbocycles. The first kappa shape index (κ1) is 22.4. The summed E-state index contributed by atoms with van der Waals surface area (Å²) in [5, 5.41) is 13.0. The summed E-state index contributed by atoms with van der Waals surface area (Å²) in [4.78, 5) is 24.1. The maximum atomic E-state index is 12.7. The van der Waals surface area contributed by atoms with E-state index in [1.807, 2.05) is 12.1 Å². The highest BCUT2D eigenvalue weighted by Gasteiger charge is 2.23. The van der Waals surface area contributed by atoms with Crippen LogP contribution in [0.5, 0.6) is 5.75 Å². The zero-order chi connectivity index (χ0) is 21.2. The number of hydrogen-bond donors (Lipinski definition) is 2. The van der Waals surface area contributed by atoms with Crippen molar-refractivity contribution in [1.29, 1.82) is 0 Å². The first-order valence-electron chi connectivity index (χ1n) is 11.5. The van der Waals surface area contributed by atoms with Crippen LogP contribution in [0.4, 0.5) is 0 Å². The number of piperazine rings is 1. The molecule has 3 rings (SSSR count). The van der Waals surface area contributed by atoms with Gasteiger partial charge >= 0.3 is 0 Å². The Labute approximate surface area is 180 Å². The zero-order valence-electron chi connectivity index (χ0n) is 18.4. The Morgan fingerprint density at radius 3 is 2.43 bits per heavy atom. The highest BCUT2D eigenvalue weighted by Crippen LogP contribution is 2.12. The summed E-state index contributed by atoms with van der Waals surface area (Å²) in [5.74, 6) is 1.53. The minimum Gasteiger partial charge on any atom is -0.508 e. The molecule has 0 unspecified atom stereocenters. The number of aliphatic imine (C=N–C) groups is 1. The standard InChI is InChI=1S/C23H37N5O2/c1-2-24-23(25-11-10-20-8-7-9-21(29)18-20)28-16-14-26(15-17-28)19-22(30)27-12-5-3-4-6-13-27/h7-9,18,29H,2-6,10-17,19H2,1H3,(H,24,25). The largest absolute Gasteiger partial charge is 0.508 e. The zero-order valence-corrected chi connectivity index (χ0v) is 18.4. The Hall–Kier alpha value is -2.28. The summed E-state index contributed by atoms with van der Waals surface area (Å²) in [6.07, 6.45) is 5.59. The number of carbonyl (C=O) groups is 1. The molecule has 0 atom stereocenters. The van der Waals surface area contributed by atoms with Crippen LogP contribution in [0.15, 0.2) is 29.3 Å². The fraction of sp³-hybridized carbons (Fsp3) is 0.652. The number of nitrogens with one attached hydrogen (secondary N) is 1. The lowest BCUT2D eigenvalue weighted by Gasteiger charge is -2.37. The molecule has 0 aromatic heterocycles. The van der Waals surface area contributed by atoms with Gasteiger partial charge in [-0.2, -0.15) is 0 Å². The van der Waals surface area contributed by atoms with Gasteiger partial charge in [0.1, 0.15) is 5.75 Å². The second-order valence-corrected chi connectivity index (χ2v) is 8.21. The summed E-state index contributed by atoms with van der Waals surface area (Å²) >= 11 is 0. The van der Waals surface area contributed by atoms with Crippen LogP contribution in [0.1, 0.15) is 38.2 Å². The predicted molar refractivity (Wildman–Crippen MR) is 121 cm³/mol. The minimum absolute atomic E-state index is 0.289. The van der Waals surface area contributed by atoms with Crippen molar-refractivity contribution < 1.29 is 9.90 Å². The Kier molecular flexibility index (Phi) is 8.81. The van der Waals surface area contributed by atoms with Crippen LogP contribution in [0.3, 0.4) is 0 Å². The van der Waals surface area contributed by atoms with Crippen molar-refractivity contribution >= 4 is 11.9 Å². The van der Waals surface area contributed by atoms with Gasteiger partial charge in [-0.25, -0.2) is 0 Å². The quantitative estimate of drug-likeness (QED) is 0.549. The average molecular weight is 416 g/mol. The van der Waals surface area contributed by atoms with Crippen molar-refractivity contribution in [1.82, 2.24) is 20.0 Å². The summed E-state index contributed by atoms with van der Waals surface area (Å²) < 4.78 is 0. The lowest BCUT2D eigenvalue weighted by molar-refractivity contribution is -0.132. The van der Waals surface area contributed by atoms with Crippen LogP contribution in [-0.4, -0.2) is 90.6 Å². The van der Waals surface area contributed by atoms with Gasteiger partial charge in [-0.15, -0.1) is 0 Å². The third-order valence-electron chi connectivity index (χ3n) is 5.90. The molecular formula is C23H37N5O2. The molecule has 0 radical (unpaired) electrons. The Bertz CT molecular complexity index is 693. The Morgan fingerprint density at radius 2 is 1.77 bits per heavy atom. The van der Waals surface area contributed by atoms with E-state index in [1.165, 1.54) is 12.8 Å². The number of phenols is 1. The van der Waals surface area contributed by atoms with Crippen molar-refractivity contribution in [2.75, 3.05) is 58.9 Å². The van der Waals surface area contributed by atoms with Crippen molar-refractivity contribution in [2.24, 2.45) is 4.99 Å². The first-order chi connectivity index (χ1) is 14.7. The molecule has 7 nitrogen and oxygen atoms in total. The van der Waals surface area contributed by atoms with Crippen LogP contribution < -0.4 is 5.32 Å². The van der Waals surface area contributed by atoms with E-state index in [1.54, 1.807) is 12.1 Å². The number of aromatic hydroxyl groups is 1. The third kappa shape index (κ3) is 6.90. The molecule has 2 heterocycles. The highest BCUT2D eigenvalue weighted by atomic mass is 16.3. The van der Waals surface area contributed by atoms with Crippen molar-refractivity contribution in [3.05, 3.63) is 29.8 Å². The summed E-state index contributed by atoms with van der Waals surface area (Å²) in [6, 6.07) is 7.37. The van der Waals surface area contributed by atoms with E-state index in [2.05, 4.69) is 26.9 Å². The van der Waals surface area contributed by atoms with Crippen LogP contribution in [-0.2, 0) is 11.2 Å². The van der Waals surface area contributed by atoms with E-state index in [0.29, 0.717) is 18.8 Å². The SMILES string of the molecule is CCNC(=NCCc1cccc(O)c1)N1CCN(CC(=O)N2CCCCCC2)CC1. The monoisotopic (exact) mass is 415 g/mol. The number of nitrogens with zero attached hydrogens (tertiary/aromatic N) is 4. The van der Waals surface area contributed by atoms with Gasteiger partial charge in [0.25, 0.3) is 0 Å². The fourth-order valence-electron chi connectivity index (χ4n) is 4.16. The van der Waals surface area contributed by atoms with Gasteiger partial charge in [-0.05, 0) is 43.9 Å². The van der Waals surface area contributed by atoms with Crippen LogP contribution >= 0.6 is 0 Å². The lowest BCUT2D eigenvalue weighted by atomic mass is 10.1. The summed E-state index contributed by atoms with van der Waals surface area (Å²) in [5.41, 5.74) is 1.09. The Balaban J connectivity index is 1.46. The number of rotatable bonds is 6. The number of amides is 1. The van der Waals surface area contributed by atoms with E-state index in [-0.39, 0.29) is 5.91 Å². The average Bonchev–Trinajstić information content (AvgIpc) is 3.04. The van der Waals surface area contributed by atoms with Gasteiger partial charge in [-0.1, -0.05) is 25.0 Å². The maximum Gasteiger partial charge on any atom is 0.236 e. The van der Waals surface area contributed by atoms with Crippen molar-refractivity contribution in [3.63, 3.8) is 0 Å². The topological polar surface area (TPSA) is 71.4 Å². The molecule has 166 valence electrons. The fourth-order valence-corrected chi connectivity index (χ4v) is 4.16. The highest BCUT2D eigenvalue weighted by molar-refractivity contribution is 5.80. The number of benzene rings is 1.